The van der Waals surface area contributed by atoms with E-state index in [1.807, 2.05) is 19.1 Å². The van der Waals surface area contributed by atoms with Crippen LogP contribution in [0.4, 0.5) is 18.0 Å². The maximum Gasteiger partial charge on any atom is 0.401 e. The van der Waals surface area contributed by atoms with Gasteiger partial charge in [-0.15, -0.1) is 0 Å². The molecule has 0 unspecified atom stereocenters. The van der Waals surface area contributed by atoms with Crippen LogP contribution < -0.4 is 5.32 Å². The fourth-order valence-electron chi connectivity index (χ4n) is 2.49. The van der Waals surface area contributed by atoms with Crippen LogP contribution in [0, 0.1) is 6.92 Å². The first-order valence-corrected chi connectivity index (χ1v) is 7.70. The van der Waals surface area contributed by atoms with Gasteiger partial charge in [0.05, 0.1) is 6.54 Å². The number of piperazine rings is 1. The van der Waals surface area contributed by atoms with E-state index in [1.54, 1.807) is 6.07 Å². The lowest BCUT2D eigenvalue weighted by Gasteiger charge is -2.35. The highest BCUT2D eigenvalue weighted by atomic mass is 35.5. The molecule has 1 saturated heterocycles. The van der Waals surface area contributed by atoms with Gasteiger partial charge >= 0.3 is 12.2 Å². The maximum atomic E-state index is 12.3. The fraction of sp³-hybridized carbons (Fsp3) is 0.533. The van der Waals surface area contributed by atoms with Gasteiger partial charge in [0.15, 0.2) is 0 Å². The second-order valence-electron chi connectivity index (χ2n) is 5.56. The molecule has 0 atom stereocenters. The molecular weight excluding hydrogens is 331 g/mol. The summed E-state index contributed by atoms with van der Waals surface area (Å²) in [6.07, 6.45) is -4.20. The van der Waals surface area contributed by atoms with E-state index in [4.69, 9.17) is 11.6 Å². The zero-order chi connectivity index (χ0) is 17.0. The van der Waals surface area contributed by atoms with Crippen LogP contribution in [0.25, 0.3) is 0 Å². The van der Waals surface area contributed by atoms with Gasteiger partial charge in [-0.25, -0.2) is 4.79 Å². The Bertz CT molecular complexity index is 557. The summed E-state index contributed by atoms with van der Waals surface area (Å²) in [5.74, 6) is 0. The minimum atomic E-state index is -4.20. The van der Waals surface area contributed by atoms with Gasteiger partial charge < -0.3 is 10.2 Å². The fourth-order valence-corrected chi connectivity index (χ4v) is 2.68. The Morgan fingerprint density at radius 3 is 2.52 bits per heavy atom. The highest BCUT2D eigenvalue weighted by molar-refractivity contribution is 6.31. The number of nitrogens with zero attached hydrogens (tertiary/aromatic N) is 2. The Kier molecular flexibility index (Phi) is 5.75. The zero-order valence-corrected chi connectivity index (χ0v) is 13.5. The molecule has 1 heterocycles. The van der Waals surface area contributed by atoms with Crippen molar-refractivity contribution in [3.05, 3.63) is 34.3 Å². The first-order valence-electron chi connectivity index (χ1n) is 7.32. The number of benzene rings is 1. The number of alkyl halides is 3. The van der Waals surface area contributed by atoms with Crippen LogP contribution in [-0.4, -0.2) is 54.7 Å². The summed E-state index contributed by atoms with van der Waals surface area (Å²) in [6, 6.07) is 5.20. The van der Waals surface area contributed by atoms with Gasteiger partial charge in [-0.2, -0.15) is 13.2 Å². The molecule has 0 spiro atoms. The van der Waals surface area contributed by atoms with Gasteiger partial charge in [0.25, 0.3) is 0 Å². The number of halogens is 4. The molecule has 0 aliphatic carbocycles. The third-order valence-electron chi connectivity index (χ3n) is 3.87. The van der Waals surface area contributed by atoms with Crippen molar-refractivity contribution in [2.75, 3.05) is 32.7 Å². The monoisotopic (exact) mass is 349 g/mol. The number of urea groups is 1. The number of amides is 2. The quantitative estimate of drug-likeness (QED) is 0.910. The molecule has 0 saturated carbocycles. The molecule has 4 nitrogen and oxygen atoms in total. The molecule has 0 radical (unpaired) electrons. The van der Waals surface area contributed by atoms with E-state index in [9.17, 15) is 18.0 Å². The molecule has 1 fully saturated rings. The summed E-state index contributed by atoms with van der Waals surface area (Å²) in [7, 11) is 0. The predicted octanol–water partition coefficient (Wildman–Crippen LogP) is 3.04. The predicted molar refractivity (Wildman–Crippen MR) is 82.5 cm³/mol. The van der Waals surface area contributed by atoms with E-state index in [2.05, 4.69) is 5.32 Å². The van der Waals surface area contributed by atoms with E-state index in [0.717, 1.165) is 11.1 Å². The van der Waals surface area contributed by atoms with Crippen LogP contribution >= 0.6 is 11.6 Å². The second-order valence-corrected chi connectivity index (χ2v) is 5.97. The average Bonchev–Trinajstić information content (AvgIpc) is 2.47. The number of carbonyl (C=O) groups is 1. The van der Waals surface area contributed by atoms with Crippen molar-refractivity contribution in [3.8, 4) is 0 Å². The van der Waals surface area contributed by atoms with E-state index >= 15 is 0 Å². The number of hydrogen-bond acceptors (Lipinski definition) is 2. The lowest BCUT2D eigenvalue weighted by molar-refractivity contribution is -0.148. The molecule has 1 aromatic carbocycles. The Morgan fingerprint density at radius 2 is 1.91 bits per heavy atom. The first-order chi connectivity index (χ1) is 10.8. The number of carbonyl (C=O) groups excluding carboxylic acids is 1. The number of rotatable bonds is 3. The third-order valence-corrected chi connectivity index (χ3v) is 4.28. The van der Waals surface area contributed by atoms with Gasteiger partial charge in [-0.3, -0.25) is 4.90 Å². The van der Waals surface area contributed by atoms with Crippen LogP contribution in [0.5, 0.6) is 0 Å². The van der Waals surface area contributed by atoms with Crippen LogP contribution in [0.3, 0.4) is 0 Å². The van der Waals surface area contributed by atoms with Crippen LogP contribution in [0.2, 0.25) is 5.02 Å². The zero-order valence-electron chi connectivity index (χ0n) is 12.8. The SMILES string of the molecule is Cc1c(Cl)cccc1CNC(=O)N1CCN(CC(F)(F)F)CC1. The summed E-state index contributed by atoms with van der Waals surface area (Å²) < 4.78 is 37.0. The van der Waals surface area contributed by atoms with Gasteiger partial charge in [0.2, 0.25) is 0 Å². The molecule has 128 valence electrons. The van der Waals surface area contributed by atoms with E-state index in [1.165, 1.54) is 9.80 Å². The van der Waals surface area contributed by atoms with Crippen molar-refractivity contribution in [3.63, 3.8) is 0 Å². The molecule has 1 aliphatic heterocycles. The molecule has 1 aliphatic rings. The maximum absolute atomic E-state index is 12.3. The molecular formula is C15H19ClF3N3O. The summed E-state index contributed by atoms with van der Waals surface area (Å²) >= 11 is 6.03. The standard InChI is InChI=1S/C15H19ClF3N3O/c1-11-12(3-2-4-13(11)16)9-20-14(23)22-7-5-21(6-8-22)10-15(17,18)19/h2-4H,5-10H2,1H3,(H,20,23). The lowest BCUT2D eigenvalue weighted by atomic mass is 10.1. The summed E-state index contributed by atoms with van der Waals surface area (Å²) in [5.41, 5.74) is 1.83. The molecule has 0 aromatic heterocycles. The van der Waals surface area contributed by atoms with Crippen LogP contribution in [-0.2, 0) is 6.54 Å². The van der Waals surface area contributed by atoms with Crippen molar-refractivity contribution < 1.29 is 18.0 Å². The molecule has 0 bridgehead atoms. The van der Waals surface area contributed by atoms with E-state index in [0.29, 0.717) is 11.6 Å². The van der Waals surface area contributed by atoms with Gasteiger partial charge in [0.1, 0.15) is 0 Å². The number of nitrogens with one attached hydrogen (secondary N) is 1. The molecule has 2 amide bonds. The van der Waals surface area contributed by atoms with Crippen molar-refractivity contribution in [2.45, 2.75) is 19.6 Å². The normalized spacial score (nSPS) is 16.5. The van der Waals surface area contributed by atoms with E-state index in [-0.39, 0.29) is 32.2 Å². The van der Waals surface area contributed by atoms with Gasteiger partial charge in [-0.05, 0) is 24.1 Å². The minimum absolute atomic E-state index is 0.225. The lowest BCUT2D eigenvalue weighted by Crippen LogP contribution is -2.53. The topological polar surface area (TPSA) is 35.6 Å². The summed E-state index contributed by atoms with van der Waals surface area (Å²) in [4.78, 5) is 14.9. The number of hydrogen-bond donors (Lipinski definition) is 1. The Morgan fingerprint density at radius 1 is 1.26 bits per heavy atom. The van der Waals surface area contributed by atoms with Crippen molar-refractivity contribution in [1.82, 2.24) is 15.1 Å². The minimum Gasteiger partial charge on any atom is -0.334 e. The summed E-state index contributed by atoms with van der Waals surface area (Å²) in [5, 5.41) is 3.42. The van der Waals surface area contributed by atoms with Crippen molar-refractivity contribution >= 4 is 17.6 Å². The smallest absolute Gasteiger partial charge is 0.334 e. The van der Waals surface area contributed by atoms with Crippen molar-refractivity contribution in [1.29, 1.82) is 0 Å². The highest BCUT2D eigenvalue weighted by Gasteiger charge is 2.32. The third kappa shape index (κ3) is 5.28. The molecule has 8 heteroatoms. The van der Waals surface area contributed by atoms with Gasteiger partial charge in [-0.1, -0.05) is 23.7 Å². The first kappa shape index (κ1) is 17.9. The Hall–Kier alpha value is -1.47. The van der Waals surface area contributed by atoms with Crippen LogP contribution in [0.15, 0.2) is 18.2 Å². The molecule has 23 heavy (non-hydrogen) atoms. The Balaban J connectivity index is 1.80. The molecule has 1 N–H and O–H groups in total. The largest absolute Gasteiger partial charge is 0.401 e. The Labute approximate surface area is 138 Å². The highest BCUT2D eigenvalue weighted by Crippen LogP contribution is 2.19. The van der Waals surface area contributed by atoms with E-state index < -0.39 is 12.7 Å². The molecule has 2 rings (SSSR count). The molecule has 1 aromatic rings. The second kappa shape index (κ2) is 7.40. The van der Waals surface area contributed by atoms with Gasteiger partial charge in [0, 0.05) is 37.7 Å². The van der Waals surface area contributed by atoms with Crippen molar-refractivity contribution in [2.24, 2.45) is 0 Å². The average molecular weight is 350 g/mol. The van der Waals surface area contributed by atoms with Crippen LogP contribution in [0.1, 0.15) is 11.1 Å². The summed E-state index contributed by atoms with van der Waals surface area (Å²) in [6.45, 7) is 2.32.